The van der Waals surface area contributed by atoms with Gasteiger partial charge in [-0.2, -0.15) is 5.10 Å². The van der Waals surface area contributed by atoms with Crippen LogP contribution in [-0.4, -0.2) is 20.7 Å². The maximum absolute atomic E-state index is 12.2. The van der Waals surface area contributed by atoms with Crippen LogP contribution in [-0.2, 0) is 6.54 Å². The first-order valence-electron chi connectivity index (χ1n) is 6.36. The predicted octanol–water partition coefficient (Wildman–Crippen LogP) is 2.10. The van der Waals surface area contributed by atoms with Crippen molar-refractivity contribution < 1.29 is 4.79 Å². The molecule has 1 N–H and O–H groups in total. The van der Waals surface area contributed by atoms with Crippen LogP contribution in [0.15, 0.2) is 30.7 Å². The average molecular weight is 258 g/mol. The van der Waals surface area contributed by atoms with E-state index in [4.69, 9.17) is 0 Å². The van der Waals surface area contributed by atoms with Gasteiger partial charge in [0.15, 0.2) is 0 Å². The lowest BCUT2D eigenvalue weighted by Crippen LogP contribution is -2.27. The fourth-order valence-electron chi connectivity index (χ4n) is 1.98. The molecule has 1 amide bonds. The Morgan fingerprint density at radius 2 is 2.26 bits per heavy atom. The molecular formula is C14H18N4O. The molecule has 0 aliphatic heterocycles. The van der Waals surface area contributed by atoms with E-state index in [2.05, 4.69) is 15.4 Å². The van der Waals surface area contributed by atoms with E-state index in [0.717, 1.165) is 17.8 Å². The number of aromatic nitrogens is 3. The van der Waals surface area contributed by atoms with Crippen LogP contribution in [0.2, 0.25) is 0 Å². The van der Waals surface area contributed by atoms with E-state index in [-0.39, 0.29) is 11.9 Å². The second kappa shape index (κ2) is 5.65. The van der Waals surface area contributed by atoms with Gasteiger partial charge in [0.2, 0.25) is 0 Å². The maximum Gasteiger partial charge on any atom is 0.255 e. The molecule has 2 aromatic heterocycles. The molecule has 0 aliphatic carbocycles. The summed E-state index contributed by atoms with van der Waals surface area (Å²) in [5.74, 6) is -0.103. The third kappa shape index (κ3) is 2.81. The van der Waals surface area contributed by atoms with Gasteiger partial charge in [0.1, 0.15) is 0 Å². The van der Waals surface area contributed by atoms with Crippen molar-refractivity contribution in [2.75, 3.05) is 0 Å². The highest BCUT2D eigenvalue weighted by Gasteiger charge is 2.16. The Kier molecular flexibility index (Phi) is 3.94. The second-order valence-electron chi connectivity index (χ2n) is 4.44. The summed E-state index contributed by atoms with van der Waals surface area (Å²) in [5.41, 5.74) is 2.49. The van der Waals surface area contributed by atoms with Gasteiger partial charge in [-0.15, -0.1) is 0 Å². The number of pyridine rings is 1. The first kappa shape index (κ1) is 13.3. The molecule has 0 aliphatic rings. The molecule has 2 aromatic rings. The smallest absolute Gasteiger partial charge is 0.255 e. The van der Waals surface area contributed by atoms with Gasteiger partial charge in [-0.1, -0.05) is 6.07 Å². The highest BCUT2D eigenvalue weighted by Crippen LogP contribution is 2.13. The number of carbonyl (C=O) groups is 1. The Hall–Kier alpha value is -2.17. The molecule has 100 valence electrons. The zero-order valence-electron chi connectivity index (χ0n) is 11.4. The Morgan fingerprint density at radius 3 is 2.84 bits per heavy atom. The van der Waals surface area contributed by atoms with Gasteiger partial charge in [0.25, 0.3) is 5.91 Å². The van der Waals surface area contributed by atoms with Gasteiger partial charge >= 0.3 is 0 Å². The van der Waals surface area contributed by atoms with Crippen LogP contribution < -0.4 is 5.32 Å². The standard InChI is InChI=1S/C14H18N4O/c1-4-18-11(3)13(9-16-18)14(19)17-10(2)12-6-5-7-15-8-12/h5-10H,4H2,1-3H3,(H,17,19)/t10-/m1/s1. The summed E-state index contributed by atoms with van der Waals surface area (Å²) in [4.78, 5) is 16.2. The summed E-state index contributed by atoms with van der Waals surface area (Å²) in [5, 5.41) is 7.14. The zero-order chi connectivity index (χ0) is 13.8. The summed E-state index contributed by atoms with van der Waals surface area (Å²) in [6.45, 7) is 6.60. The Morgan fingerprint density at radius 1 is 1.47 bits per heavy atom. The summed E-state index contributed by atoms with van der Waals surface area (Å²) in [6, 6.07) is 3.73. The minimum atomic E-state index is -0.103. The van der Waals surface area contributed by atoms with Gasteiger partial charge in [0, 0.05) is 24.6 Å². The minimum Gasteiger partial charge on any atom is -0.345 e. The topological polar surface area (TPSA) is 59.8 Å². The number of hydrogen-bond acceptors (Lipinski definition) is 3. The number of nitrogens with one attached hydrogen (secondary N) is 1. The van der Waals surface area contributed by atoms with Crippen LogP contribution in [0.4, 0.5) is 0 Å². The van der Waals surface area contributed by atoms with Crippen molar-refractivity contribution in [1.29, 1.82) is 0 Å². The third-order valence-corrected chi connectivity index (χ3v) is 3.18. The fourth-order valence-corrected chi connectivity index (χ4v) is 1.98. The van der Waals surface area contributed by atoms with Crippen molar-refractivity contribution in [3.63, 3.8) is 0 Å². The molecule has 5 nitrogen and oxygen atoms in total. The van der Waals surface area contributed by atoms with Crippen molar-refractivity contribution in [3.8, 4) is 0 Å². The summed E-state index contributed by atoms with van der Waals surface area (Å²) >= 11 is 0. The predicted molar refractivity (Wildman–Crippen MR) is 72.8 cm³/mol. The minimum absolute atomic E-state index is 0.0782. The van der Waals surface area contributed by atoms with Gasteiger partial charge in [-0.05, 0) is 32.4 Å². The third-order valence-electron chi connectivity index (χ3n) is 3.18. The molecule has 2 rings (SSSR count). The monoisotopic (exact) mass is 258 g/mol. The Balaban J connectivity index is 2.11. The normalized spacial score (nSPS) is 12.2. The van der Waals surface area contributed by atoms with E-state index in [1.165, 1.54) is 0 Å². The summed E-state index contributed by atoms with van der Waals surface area (Å²) in [7, 11) is 0. The van der Waals surface area contributed by atoms with Crippen molar-refractivity contribution in [1.82, 2.24) is 20.1 Å². The molecule has 0 unspecified atom stereocenters. The van der Waals surface area contributed by atoms with Crippen LogP contribution in [0.5, 0.6) is 0 Å². The molecule has 0 radical (unpaired) electrons. The molecule has 0 spiro atoms. The fraction of sp³-hybridized carbons (Fsp3) is 0.357. The van der Waals surface area contributed by atoms with Crippen molar-refractivity contribution >= 4 is 5.91 Å². The number of carbonyl (C=O) groups excluding carboxylic acids is 1. The number of amides is 1. The average Bonchev–Trinajstić information content (AvgIpc) is 2.80. The molecule has 2 heterocycles. The van der Waals surface area contributed by atoms with Crippen molar-refractivity contribution in [2.45, 2.75) is 33.4 Å². The molecule has 0 saturated carbocycles. The second-order valence-corrected chi connectivity index (χ2v) is 4.44. The van der Waals surface area contributed by atoms with Crippen LogP contribution >= 0.6 is 0 Å². The molecule has 0 bridgehead atoms. The molecule has 0 aromatic carbocycles. The van der Waals surface area contributed by atoms with Crippen LogP contribution in [0.25, 0.3) is 0 Å². The Labute approximate surface area is 112 Å². The molecular weight excluding hydrogens is 240 g/mol. The maximum atomic E-state index is 12.2. The van der Waals surface area contributed by atoms with Gasteiger partial charge in [-0.25, -0.2) is 0 Å². The lowest BCUT2D eigenvalue weighted by Gasteiger charge is -2.13. The first-order chi connectivity index (χ1) is 9.13. The lowest BCUT2D eigenvalue weighted by molar-refractivity contribution is 0.0939. The van der Waals surface area contributed by atoms with E-state index >= 15 is 0 Å². The number of nitrogens with zero attached hydrogens (tertiary/aromatic N) is 3. The number of hydrogen-bond donors (Lipinski definition) is 1. The highest BCUT2D eigenvalue weighted by molar-refractivity contribution is 5.95. The molecule has 5 heteroatoms. The Bertz CT molecular complexity index is 562. The van der Waals surface area contributed by atoms with Crippen molar-refractivity contribution in [2.24, 2.45) is 0 Å². The van der Waals surface area contributed by atoms with Gasteiger partial charge in [-0.3, -0.25) is 14.5 Å². The zero-order valence-corrected chi connectivity index (χ0v) is 11.4. The molecule has 19 heavy (non-hydrogen) atoms. The quantitative estimate of drug-likeness (QED) is 0.913. The van der Waals surface area contributed by atoms with Crippen LogP contribution in [0.1, 0.15) is 41.5 Å². The molecule has 0 fully saturated rings. The largest absolute Gasteiger partial charge is 0.345 e. The first-order valence-corrected chi connectivity index (χ1v) is 6.36. The van der Waals surface area contributed by atoms with E-state index in [9.17, 15) is 4.79 Å². The molecule has 0 saturated heterocycles. The molecule has 1 atom stereocenters. The van der Waals surface area contributed by atoms with Crippen LogP contribution in [0.3, 0.4) is 0 Å². The SMILES string of the molecule is CCn1ncc(C(=O)N[C@H](C)c2cccnc2)c1C. The van der Waals surface area contributed by atoms with Gasteiger partial charge < -0.3 is 5.32 Å². The van der Waals surface area contributed by atoms with Crippen LogP contribution in [0, 0.1) is 6.92 Å². The lowest BCUT2D eigenvalue weighted by atomic mass is 10.1. The van der Waals surface area contributed by atoms with E-state index in [1.807, 2.05) is 37.6 Å². The van der Waals surface area contributed by atoms with E-state index in [0.29, 0.717) is 5.56 Å². The van der Waals surface area contributed by atoms with Crippen molar-refractivity contribution in [3.05, 3.63) is 47.5 Å². The number of aryl methyl sites for hydroxylation is 1. The van der Waals surface area contributed by atoms with E-state index in [1.54, 1.807) is 18.6 Å². The highest BCUT2D eigenvalue weighted by atomic mass is 16.1. The number of rotatable bonds is 4. The van der Waals surface area contributed by atoms with E-state index < -0.39 is 0 Å². The summed E-state index contributed by atoms with van der Waals surface area (Å²) in [6.07, 6.45) is 5.09. The van der Waals surface area contributed by atoms with Gasteiger partial charge in [0.05, 0.1) is 17.8 Å². The summed E-state index contributed by atoms with van der Waals surface area (Å²) < 4.78 is 1.81.